The van der Waals surface area contributed by atoms with Crippen molar-refractivity contribution in [1.82, 2.24) is 0 Å². The molecule has 0 aliphatic heterocycles. The summed E-state index contributed by atoms with van der Waals surface area (Å²) in [5, 5.41) is 2.63. The van der Waals surface area contributed by atoms with Crippen molar-refractivity contribution < 1.29 is 4.74 Å². The molecule has 0 heterocycles. The van der Waals surface area contributed by atoms with E-state index in [0.29, 0.717) is 10.9 Å². The monoisotopic (exact) mass is 303 g/mol. The van der Waals surface area contributed by atoms with Crippen LogP contribution in [0.25, 0.3) is 10.8 Å². The van der Waals surface area contributed by atoms with E-state index in [4.69, 9.17) is 4.74 Å². The van der Waals surface area contributed by atoms with E-state index >= 15 is 0 Å². The molecule has 0 saturated heterocycles. The summed E-state index contributed by atoms with van der Waals surface area (Å²) in [4.78, 5) is 1.54. The zero-order valence-corrected chi connectivity index (χ0v) is 14.3. The van der Waals surface area contributed by atoms with Gasteiger partial charge in [0, 0.05) is 21.7 Å². The fraction of sp³-hybridized carbons (Fsp3) is 0.474. The first-order valence-corrected chi connectivity index (χ1v) is 9.61. The lowest BCUT2D eigenvalue weighted by Gasteiger charge is -2.12. The first-order valence-electron chi connectivity index (χ1n) is 8.05. The second-order valence-electron chi connectivity index (χ2n) is 5.42. The van der Waals surface area contributed by atoms with E-state index in [-0.39, 0.29) is 0 Å². The minimum absolute atomic E-state index is 0.372. The Morgan fingerprint density at radius 1 is 0.857 bits per heavy atom. The average Bonchev–Trinajstić information content (AvgIpc) is 2.54. The van der Waals surface area contributed by atoms with Crippen LogP contribution in [0.3, 0.4) is 0 Å². The Morgan fingerprint density at radius 2 is 1.48 bits per heavy atom. The third kappa shape index (κ3) is 3.94. The van der Waals surface area contributed by atoms with E-state index in [0.717, 1.165) is 5.75 Å². The Hall–Kier alpha value is -1.15. The molecule has 0 aromatic heterocycles. The molecule has 2 aromatic carbocycles. The SMILES string of the molecule is CCCC[S+](CCCC)c1ccc(OC)c2ccccc12. The van der Waals surface area contributed by atoms with Crippen LogP contribution < -0.4 is 4.74 Å². The number of hydrogen-bond donors (Lipinski definition) is 0. The Balaban J connectivity index is 2.41. The zero-order valence-electron chi connectivity index (χ0n) is 13.5. The standard InChI is InChI=1S/C19H27OS/c1-4-6-14-21(15-7-5-2)19-13-12-18(20-3)16-10-8-9-11-17(16)19/h8-13H,4-7,14-15H2,1-3H3/q+1. The molecule has 0 aliphatic rings. The molecule has 0 amide bonds. The zero-order chi connectivity index (χ0) is 15.1. The molecule has 2 aromatic rings. The Bertz CT molecular complexity index is 556. The van der Waals surface area contributed by atoms with Crippen molar-refractivity contribution in [3.63, 3.8) is 0 Å². The van der Waals surface area contributed by atoms with Gasteiger partial charge in [-0.2, -0.15) is 0 Å². The van der Waals surface area contributed by atoms with Crippen molar-refractivity contribution in [3.8, 4) is 5.75 Å². The number of rotatable bonds is 8. The van der Waals surface area contributed by atoms with Crippen LogP contribution in [0, 0.1) is 0 Å². The van der Waals surface area contributed by atoms with Gasteiger partial charge in [0.1, 0.15) is 17.3 Å². The maximum Gasteiger partial charge on any atom is 0.162 e. The van der Waals surface area contributed by atoms with E-state index in [2.05, 4.69) is 50.2 Å². The van der Waals surface area contributed by atoms with Gasteiger partial charge >= 0.3 is 0 Å². The van der Waals surface area contributed by atoms with Crippen molar-refractivity contribution in [3.05, 3.63) is 36.4 Å². The van der Waals surface area contributed by atoms with Gasteiger partial charge in [-0.25, -0.2) is 0 Å². The molecule has 0 bridgehead atoms. The minimum Gasteiger partial charge on any atom is -0.496 e. The lowest BCUT2D eigenvalue weighted by Crippen LogP contribution is -2.13. The van der Waals surface area contributed by atoms with Crippen LogP contribution in [0.2, 0.25) is 0 Å². The normalized spacial score (nSPS) is 11.2. The summed E-state index contributed by atoms with van der Waals surface area (Å²) in [7, 11) is 2.13. The Kier molecular flexibility index (Phi) is 6.44. The van der Waals surface area contributed by atoms with Gasteiger partial charge in [-0.3, -0.25) is 0 Å². The number of benzene rings is 2. The molecule has 0 aliphatic carbocycles. The molecular formula is C19H27OS+. The van der Waals surface area contributed by atoms with Crippen LogP contribution in [0.4, 0.5) is 0 Å². The lowest BCUT2D eigenvalue weighted by atomic mass is 10.1. The first kappa shape index (κ1) is 16.2. The van der Waals surface area contributed by atoms with Gasteiger partial charge in [-0.1, -0.05) is 44.9 Å². The number of hydrogen-bond acceptors (Lipinski definition) is 1. The fourth-order valence-electron chi connectivity index (χ4n) is 2.63. The fourth-order valence-corrected chi connectivity index (χ4v) is 5.30. The third-order valence-electron chi connectivity index (χ3n) is 3.86. The Morgan fingerprint density at radius 3 is 2.05 bits per heavy atom. The maximum absolute atomic E-state index is 5.53. The number of fused-ring (bicyclic) bond motifs is 1. The molecule has 0 saturated carbocycles. The number of methoxy groups -OCH3 is 1. The Labute approximate surface area is 132 Å². The van der Waals surface area contributed by atoms with Crippen molar-refractivity contribution in [2.45, 2.75) is 44.4 Å². The van der Waals surface area contributed by atoms with E-state index in [1.54, 1.807) is 7.11 Å². The number of unbranched alkanes of at least 4 members (excludes halogenated alkanes) is 2. The molecule has 0 fully saturated rings. The molecule has 0 atom stereocenters. The molecule has 114 valence electrons. The van der Waals surface area contributed by atoms with Gasteiger partial charge in [-0.15, -0.1) is 0 Å². The predicted octanol–water partition coefficient (Wildman–Crippen LogP) is 5.43. The second kappa shape index (κ2) is 8.33. The summed E-state index contributed by atoms with van der Waals surface area (Å²) in [5.74, 6) is 3.64. The molecule has 21 heavy (non-hydrogen) atoms. The van der Waals surface area contributed by atoms with E-state index < -0.39 is 0 Å². The van der Waals surface area contributed by atoms with Gasteiger partial charge in [0.25, 0.3) is 0 Å². The highest BCUT2D eigenvalue weighted by Gasteiger charge is 2.24. The third-order valence-corrected chi connectivity index (χ3v) is 6.40. The van der Waals surface area contributed by atoms with Crippen molar-refractivity contribution in [2.75, 3.05) is 18.6 Å². The van der Waals surface area contributed by atoms with Crippen LogP contribution in [-0.4, -0.2) is 18.6 Å². The summed E-state index contributed by atoms with van der Waals surface area (Å²) in [6.45, 7) is 4.57. The average molecular weight is 303 g/mol. The van der Waals surface area contributed by atoms with Gasteiger partial charge in [-0.05, 0) is 31.0 Å². The van der Waals surface area contributed by atoms with E-state index in [9.17, 15) is 0 Å². The van der Waals surface area contributed by atoms with Crippen LogP contribution >= 0.6 is 0 Å². The van der Waals surface area contributed by atoms with E-state index in [1.165, 1.54) is 52.9 Å². The summed E-state index contributed by atoms with van der Waals surface area (Å²) in [6, 6.07) is 13.1. The van der Waals surface area contributed by atoms with Crippen molar-refractivity contribution in [2.24, 2.45) is 0 Å². The summed E-state index contributed by atoms with van der Waals surface area (Å²) >= 11 is 0. The molecule has 0 spiro atoms. The molecule has 0 radical (unpaired) electrons. The lowest BCUT2D eigenvalue weighted by molar-refractivity contribution is 0.419. The molecular weight excluding hydrogens is 276 g/mol. The largest absolute Gasteiger partial charge is 0.496 e. The number of ether oxygens (including phenoxy) is 1. The van der Waals surface area contributed by atoms with Gasteiger partial charge in [0.2, 0.25) is 0 Å². The maximum atomic E-state index is 5.53. The highest BCUT2D eigenvalue weighted by atomic mass is 32.2. The molecule has 2 rings (SSSR count). The van der Waals surface area contributed by atoms with Crippen LogP contribution in [-0.2, 0) is 10.9 Å². The van der Waals surface area contributed by atoms with Crippen LogP contribution in [0.15, 0.2) is 41.3 Å². The van der Waals surface area contributed by atoms with Gasteiger partial charge < -0.3 is 4.74 Å². The predicted molar refractivity (Wildman–Crippen MR) is 95.7 cm³/mol. The van der Waals surface area contributed by atoms with Gasteiger partial charge in [0.05, 0.1) is 7.11 Å². The molecule has 2 heteroatoms. The quantitative estimate of drug-likeness (QED) is 0.591. The smallest absolute Gasteiger partial charge is 0.162 e. The summed E-state index contributed by atoms with van der Waals surface area (Å²) in [6.07, 6.45) is 5.22. The van der Waals surface area contributed by atoms with Crippen LogP contribution in [0.1, 0.15) is 39.5 Å². The summed E-state index contributed by atoms with van der Waals surface area (Å²) in [5.41, 5.74) is 0. The van der Waals surface area contributed by atoms with E-state index in [1.807, 2.05) is 0 Å². The second-order valence-corrected chi connectivity index (χ2v) is 7.66. The summed E-state index contributed by atoms with van der Waals surface area (Å²) < 4.78 is 5.53. The highest BCUT2D eigenvalue weighted by molar-refractivity contribution is 7.97. The van der Waals surface area contributed by atoms with Gasteiger partial charge in [0.15, 0.2) is 4.90 Å². The topological polar surface area (TPSA) is 9.23 Å². The molecule has 0 unspecified atom stereocenters. The minimum atomic E-state index is 0.372. The highest BCUT2D eigenvalue weighted by Crippen LogP contribution is 2.32. The molecule has 1 nitrogen and oxygen atoms in total. The first-order chi connectivity index (χ1) is 10.3. The van der Waals surface area contributed by atoms with Crippen LogP contribution in [0.5, 0.6) is 5.75 Å². The van der Waals surface area contributed by atoms with Crippen molar-refractivity contribution in [1.29, 1.82) is 0 Å². The molecule has 0 N–H and O–H groups in total. The van der Waals surface area contributed by atoms with Crippen molar-refractivity contribution >= 4 is 21.7 Å².